The van der Waals surface area contributed by atoms with E-state index in [9.17, 15) is 56.8 Å². The largest absolute Gasteiger partial charge is 0.417 e. The first-order valence-electron chi connectivity index (χ1n) is 34.6. The number of hydrogen-bond acceptors (Lipinski definition) is 13. The Labute approximate surface area is 590 Å². The Morgan fingerprint density at radius 2 is 1.30 bits per heavy atom. The topological polar surface area (TPSA) is 294 Å². The summed E-state index contributed by atoms with van der Waals surface area (Å²) in [6.07, 6.45) is -1.74. The molecule has 29 heteroatoms. The van der Waals surface area contributed by atoms with Gasteiger partial charge in [-0.1, -0.05) is 96.7 Å². The number of hydrogen-bond donors (Lipinski definition) is 3. The van der Waals surface area contributed by atoms with E-state index in [1.165, 1.54) is 81.1 Å². The van der Waals surface area contributed by atoms with Gasteiger partial charge in [0.2, 0.25) is 70.9 Å². The average Bonchev–Trinajstić information content (AvgIpc) is 1.49. The maximum Gasteiger partial charge on any atom is 0.417 e. The summed E-state index contributed by atoms with van der Waals surface area (Å²) in [6, 6.07) is 2.13. The van der Waals surface area contributed by atoms with Crippen LogP contribution in [0.3, 0.4) is 0 Å². The molecule has 6 rings (SSSR count). The number of likely N-dealkylation sites (tertiary alicyclic amines) is 1. The summed E-state index contributed by atoms with van der Waals surface area (Å²) in [5.41, 5.74) is -1.93. The van der Waals surface area contributed by atoms with E-state index in [1.807, 2.05) is 13.8 Å². The predicted octanol–water partition coefficient (Wildman–Crippen LogP) is 4.64. The minimum absolute atomic E-state index is 0.00733. The smallest absolute Gasteiger partial charge is 0.343 e. The van der Waals surface area contributed by atoms with Crippen LogP contribution in [0, 0.1) is 29.1 Å². The number of nitrogens with one attached hydrogen (secondary N) is 3. The molecule has 3 aliphatic heterocycles. The average molecular weight is 1420 g/mol. The fraction of sp³-hybridized carbons (Fsp3) is 0.648. The molecule has 3 saturated heterocycles. The number of amides is 12. The Morgan fingerprint density at radius 1 is 0.680 bits per heavy atom. The monoisotopic (exact) mass is 1420 g/mol. The molecule has 3 N–H and O–H groups in total. The summed E-state index contributed by atoms with van der Waals surface area (Å²) in [4.78, 5) is 189. The number of benzene rings is 2. The summed E-state index contributed by atoms with van der Waals surface area (Å²) in [5.74, 6) is -9.97. The third kappa shape index (κ3) is 19.8. The lowest BCUT2D eigenvalue weighted by atomic mass is 9.91. The number of rotatable bonds is 11. The zero-order chi connectivity index (χ0) is 74.4. The molecule has 25 nitrogen and oxygen atoms in total. The van der Waals surface area contributed by atoms with Gasteiger partial charge in [0.25, 0.3) is 0 Å². The molecule has 1 aliphatic carbocycles. The Bertz CT molecular complexity index is 3390. The maximum absolute atomic E-state index is 15.4. The van der Waals surface area contributed by atoms with Crippen molar-refractivity contribution in [3.63, 3.8) is 0 Å². The van der Waals surface area contributed by atoms with Crippen LogP contribution >= 0.6 is 11.6 Å². The zero-order valence-electron chi connectivity index (χ0n) is 60.0. The molecule has 1 saturated carbocycles. The normalized spacial score (nSPS) is 24.6. The third-order valence-electron chi connectivity index (χ3n) is 20.2. The van der Waals surface area contributed by atoms with E-state index in [0.717, 1.165) is 38.2 Å². The van der Waals surface area contributed by atoms with E-state index in [4.69, 9.17) is 11.6 Å². The first-order valence-corrected chi connectivity index (χ1v) is 35.0. The van der Waals surface area contributed by atoms with Crippen molar-refractivity contribution in [2.75, 3.05) is 88.6 Å². The number of alkyl halides is 3. The number of carbonyl (C=O) groups is 12. The Hall–Kier alpha value is -8.35. The van der Waals surface area contributed by atoms with Gasteiger partial charge in [-0.15, -0.1) is 0 Å². The number of halogens is 4. The second-order valence-electron chi connectivity index (χ2n) is 28.3. The van der Waals surface area contributed by atoms with Gasteiger partial charge in [-0.3, -0.25) is 57.5 Å². The van der Waals surface area contributed by atoms with Gasteiger partial charge in [0.15, 0.2) is 0 Å². The third-order valence-corrected chi connectivity index (χ3v) is 20.5. The van der Waals surface area contributed by atoms with E-state index < -0.39 is 173 Å². The van der Waals surface area contributed by atoms with E-state index >= 15 is 19.2 Å². The number of carbonyl (C=O) groups excluding carboxylic acids is 12. The van der Waals surface area contributed by atoms with Gasteiger partial charge < -0.3 is 60.0 Å². The van der Waals surface area contributed by atoms with Crippen LogP contribution in [0.4, 0.5) is 13.2 Å². The van der Waals surface area contributed by atoms with E-state index in [0.29, 0.717) is 50.8 Å². The standard InChI is InChI=1S/C71H101ClF3N13O12/c1-14-45(6)60-67(98)82(9)41-58(91)80(7)42-59(92)84(11)54(37-47-23-16-17-24-48(47)39-76)65(96)81(8)40-56(89)77-51(29-27-46-26-28-49(50(72)36-46)71(73,74)75)64(95)88-34-22-25-52(88)63(94)79-70(30-18-19-31-70)69(100)86(13)61(44(4)5)68(99)85(12)55(66(97)87-32-20-15-21-33-87)38-57(90)83(10)53(35-43(2)3)62(93)78-60/h16-17,23-24,26,28,36,43-45,51-55,60-61H,14-15,18-22,25,27,29-35,37-38,40-42H2,1-13H3,(H,77,89)(H,78,93)(H,79,94)/t45-,51-,52-,53-,54-,55-,60-,61-/m0/s1. The summed E-state index contributed by atoms with van der Waals surface area (Å²) < 4.78 is 41.6. The lowest BCUT2D eigenvalue weighted by molar-refractivity contribution is -0.156. The fourth-order valence-electron chi connectivity index (χ4n) is 13.9. The van der Waals surface area contributed by atoms with Crippen LogP contribution in [0.25, 0.3) is 0 Å². The highest BCUT2D eigenvalue weighted by atomic mass is 35.5. The lowest BCUT2D eigenvalue weighted by Gasteiger charge is -2.42. The number of fused-ring (bicyclic) bond motifs is 1. The molecule has 8 atom stereocenters. The summed E-state index contributed by atoms with van der Waals surface area (Å²) in [7, 11) is 9.46. The number of piperidine rings is 1. The second kappa shape index (κ2) is 35.3. The highest BCUT2D eigenvalue weighted by molar-refractivity contribution is 6.31. The van der Waals surface area contributed by atoms with E-state index in [2.05, 4.69) is 22.0 Å². The summed E-state index contributed by atoms with van der Waals surface area (Å²) in [5, 5.41) is 18.1. The van der Waals surface area contributed by atoms with Gasteiger partial charge in [-0.05, 0) is 111 Å². The maximum atomic E-state index is 15.4. The number of nitriles is 1. The number of likely N-dealkylation sites (N-methyl/N-ethyl adjacent to an activating group) is 7. The van der Waals surface area contributed by atoms with E-state index in [-0.39, 0.29) is 75.0 Å². The number of aryl methyl sites for hydroxylation is 1. The molecule has 2 aromatic rings. The molecule has 550 valence electrons. The van der Waals surface area contributed by atoms with Gasteiger partial charge in [0.1, 0.15) is 47.8 Å². The van der Waals surface area contributed by atoms with Crippen LogP contribution in [-0.2, 0) is 76.6 Å². The van der Waals surface area contributed by atoms with Crippen molar-refractivity contribution in [2.24, 2.45) is 17.8 Å². The first-order chi connectivity index (χ1) is 47.0. The summed E-state index contributed by atoms with van der Waals surface area (Å²) in [6.45, 7) is 9.37. The second-order valence-corrected chi connectivity index (χ2v) is 28.7. The Morgan fingerprint density at radius 3 is 1.90 bits per heavy atom. The van der Waals surface area contributed by atoms with Gasteiger partial charge in [0, 0.05) is 75.4 Å². The number of nitrogens with zero attached hydrogens (tertiary/aromatic N) is 10. The molecule has 1 spiro atoms. The first kappa shape index (κ1) is 80.6. The molecule has 0 aromatic heterocycles. The van der Waals surface area contributed by atoms with Gasteiger partial charge in [-0.25, -0.2) is 0 Å². The van der Waals surface area contributed by atoms with Gasteiger partial charge in [-0.2, -0.15) is 18.4 Å². The highest BCUT2D eigenvalue weighted by Crippen LogP contribution is 2.37. The molecular formula is C71H101ClF3N13O12. The van der Waals surface area contributed by atoms with Crippen molar-refractivity contribution in [2.45, 2.75) is 192 Å². The summed E-state index contributed by atoms with van der Waals surface area (Å²) >= 11 is 6.13. The zero-order valence-corrected chi connectivity index (χ0v) is 60.8. The van der Waals surface area contributed by atoms with Gasteiger partial charge in [0.05, 0.1) is 48.3 Å². The van der Waals surface area contributed by atoms with E-state index in [1.54, 1.807) is 50.8 Å². The highest BCUT2D eigenvalue weighted by Gasteiger charge is 2.51. The lowest BCUT2D eigenvalue weighted by Crippen LogP contribution is -2.65. The van der Waals surface area contributed by atoms with Crippen molar-refractivity contribution in [1.82, 2.24) is 60.0 Å². The molecule has 2 aromatic carbocycles. The van der Waals surface area contributed by atoms with Crippen LogP contribution < -0.4 is 16.0 Å². The molecule has 0 radical (unpaired) electrons. The molecule has 100 heavy (non-hydrogen) atoms. The fourth-order valence-corrected chi connectivity index (χ4v) is 14.2. The SMILES string of the molecule is CC[C@H](C)[C@@H]1NC(=O)[C@H](CC(C)C)N(C)C(=O)C[C@@H](C(=O)N2CCCCC2)N(C)C(=O)[C@H](C(C)C)N(C)C(=O)C2(CCCC2)NC(=O)[C@@H]2CCCN2C(=O)[C@H](CCc2ccc(C(F)(F)F)c(Cl)c2)NC(=O)CN(C)C(=O)[C@H](Cc2ccccc2C#N)N(C)C(=O)CN(C)C(=O)CN(C)C1=O. The van der Waals surface area contributed by atoms with Crippen molar-refractivity contribution in [3.8, 4) is 6.07 Å². The molecule has 4 fully saturated rings. The van der Waals surface area contributed by atoms with Crippen LogP contribution in [0.5, 0.6) is 0 Å². The predicted molar refractivity (Wildman–Crippen MR) is 366 cm³/mol. The molecule has 4 aliphatic rings. The Balaban J connectivity index is 1.44. The molecule has 0 unspecified atom stereocenters. The van der Waals surface area contributed by atoms with Gasteiger partial charge >= 0.3 is 6.18 Å². The van der Waals surface area contributed by atoms with Crippen molar-refractivity contribution >= 4 is 82.5 Å². The minimum atomic E-state index is -4.78. The molecule has 12 amide bonds. The van der Waals surface area contributed by atoms with Crippen LogP contribution in [0.2, 0.25) is 5.02 Å². The van der Waals surface area contributed by atoms with Crippen LogP contribution in [0.1, 0.15) is 147 Å². The van der Waals surface area contributed by atoms with Crippen LogP contribution in [-0.4, -0.2) is 251 Å². The van der Waals surface area contributed by atoms with Crippen LogP contribution in [0.15, 0.2) is 42.5 Å². The quantitative estimate of drug-likeness (QED) is 0.277. The Kier molecular flexibility index (Phi) is 28.5. The molecular weight excluding hydrogens is 1320 g/mol. The van der Waals surface area contributed by atoms with Crippen molar-refractivity contribution in [1.29, 1.82) is 5.26 Å². The minimum Gasteiger partial charge on any atom is -0.343 e. The van der Waals surface area contributed by atoms with Crippen molar-refractivity contribution in [3.05, 3.63) is 69.7 Å². The molecule has 3 heterocycles. The molecule has 0 bridgehead atoms. The van der Waals surface area contributed by atoms with Crippen molar-refractivity contribution < 1.29 is 70.7 Å².